The quantitative estimate of drug-likeness (QED) is 0.646. The Bertz CT molecular complexity index is 254. The Balaban J connectivity index is 2.13. The van der Waals surface area contributed by atoms with Crippen LogP contribution in [0.1, 0.15) is 45.4 Å². The van der Waals surface area contributed by atoms with Gasteiger partial charge in [0.2, 0.25) is 0 Å². The van der Waals surface area contributed by atoms with Crippen LogP contribution >= 0.6 is 0 Å². The van der Waals surface area contributed by atoms with Crippen molar-refractivity contribution < 1.29 is 4.74 Å². The van der Waals surface area contributed by atoms with Crippen molar-refractivity contribution in [2.24, 2.45) is 5.92 Å². The van der Waals surface area contributed by atoms with E-state index < -0.39 is 0 Å². The topological polar surface area (TPSA) is 9.23 Å². The highest BCUT2D eigenvalue weighted by Crippen LogP contribution is 2.46. The maximum absolute atomic E-state index is 6.02. The van der Waals surface area contributed by atoms with E-state index in [-0.39, 0.29) is 5.60 Å². The fourth-order valence-corrected chi connectivity index (χ4v) is 3.00. The molecule has 0 aromatic rings. The van der Waals surface area contributed by atoms with Crippen LogP contribution in [0.5, 0.6) is 0 Å². The van der Waals surface area contributed by atoms with Gasteiger partial charge in [0.1, 0.15) is 11.4 Å². The van der Waals surface area contributed by atoms with E-state index in [9.17, 15) is 0 Å². The highest BCUT2D eigenvalue weighted by Gasteiger charge is 2.44. The summed E-state index contributed by atoms with van der Waals surface area (Å²) in [6.45, 7) is 6.18. The molecule has 2 rings (SSSR count). The molecule has 0 N–H and O–H groups in total. The highest BCUT2D eigenvalue weighted by atomic mass is 16.5. The van der Waals surface area contributed by atoms with Gasteiger partial charge in [0.25, 0.3) is 0 Å². The summed E-state index contributed by atoms with van der Waals surface area (Å²) in [5, 5.41) is 0. The monoisotopic (exact) mass is 192 g/mol. The van der Waals surface area contributed by atoms with E-state index >= 15 is 0 Å². The van der Waals surface area contributed by atoms with Crippen LogP contribution in [0.15, 0.2) is 24.5 Å². The van der Waals surface area contributed by atoms with Gasteiger partial charge in [-0.3, -0.25) is 0 Å². The Morgan fingerprint density at radius 1 is 1.64 bits per heavy atom. The molecule has 1 aliphatic carbocycles. The molecule has 0 saturated heterocycles. The lowest BCUT2D eigenvalue weighted by Gasteiger charge is -2.38. The van der Waals surface area contributed by atoms with E-state index in [0.29, 0.717) is 0 Å². The van der Waals surface area contributed by atoms with Crippen LogP contribution in [0.4, 0.5) is 0 Å². The molecular formula is C13H20O. The minimum absolute atomic E-state index is 0.127. The van der Waals surface area contributed by atoms with Crippen molar-refractivity contribution >= 4 is 0 Å². The predicted octanol–water partition coefficient (Wildman–Crippen LogP) is 3.82. The summed E-state index contributed by atoms with van der Waals surface area (Å²) in [6, 6.07) is 0. The summed E-state index contributed by atoms with van der Waals surface area (Å²) >= 11 is 0. The summed E-state index contributed by atoms with van der Waals surface area (Å²) in [5.74, 6) is 1.62. The van der Waals surface area contributed by atoms with Crippen LogP contribution in [-0.2, 0) is 4.74 Å². The normalized spacial score (nSPS) is 36.4. The third-order valence-corrected chi connectivity index (χ3v) is 3.64. The molecular weight excluding hydrogens is 172 g/mol. The van der Waals surface area contributed by atoms with Gasteiger partial charge in [-0.05, 0) is 37.7 Å². The van der Waals surface area contributed by atoms with Gasteiger partial charge in [-0.2, -0.15) is 0 Å². The molecule has 0 bridgehead atoms. The van der Waals surface area contributed by atoms with Crippen LogP contribution in [-0.4, -0.2) is 5.60 Å². The van der Waals surface area contributed by atoms with E-state index in [1.165, 1.54) is 32.1 Å². The zero-order valence-corrected chi connectivity index (χ0v) is 9.09. The van der Waals surface area contributed by atoms with Crippen molar-refractivity contribution in [3.05, 3.63) is 24.5 Å². The molecule has 2 atom stereocenters. The zero-order valence-electron chi connectivity index (χ0n) is 9.09. The molecule has 2 aliphatic rings. The third-order valence-electron chi connectivity index (χ3n) is 3.64. The zero-order chi connectivity index (χ0) is 10.0. The largest absolute Gasteiger partial charge is 0.487 e. The van der Waals surface area contributed by atoms with E-state index in [4.69, 9.17) is 4.74 Å². The van der Waals surface area contributed by atoms with Gasteiger partial charge in [0.05, 0.1) is 0 Å². The lowest BCUT2D eigenvalue weighted by atomic mass is 9.83. The first-order valence-corrected chi connectivity index (χ1v) is 5.81. The smallest absolute Gasteiger partial charge is 0.115 e. The summed E-state index contributed by atoms with van der Waals surface area (Å²) in [7, 11) is 0. The van der Waals surface area contributed by atoms with Gasteiger partial charge < -0.3 is 4.74 Å². The Morgan fingerprint density at radius 3 is 3.21 bits per heavy atom. The second-order valence-electron chi connectivity index (χ2n) is 4.62. The van der Waals surface area contributed by atoms with Crippen molar-refractivity contribution in [1.29, 1.82) is 0 Å². The van der Waals surface area contributed by atoms with Crippen molar-refractivity contribution in [3.63, 3.8) is 0 Å². The van der Waals surface area contributed by atoms with E-state index in [1.54, 1.807) is 0 Å². The van der Waals surface area contributed by atoms with E-state index in [1.807, 2.05) is 6.08 Å². The van der Waals surface area contributed by atoms with Crippen LogP contribution in [0.25, 0.3) is 0 Å². The second-order valence-corrected chi connectivity index (χ2v) is 4.62. The van der Waals surface area contributed by atoms with Gasteiger partial charge in [-0.1, -0.05) is 26.0 Å². The van der Waals surface area contributed by atoms with E-state index in [2.05, 4.69) is 19.6 Å². The number of hydrogen-bond donors (Lipinski definition) is 0. The molecule has 14 heavy (non-hydrogen) atoms. The SMILES string of the molecule is C=C1C=CCC2(CCCC2CCC)O1. The number of hydrogen-bond acceptors (Lipinski definition) is 1. The van der Waals surface area contributed by atoms with Gasteiger partial charge in [0, 0.05) is 6.42 Å². The summed E-state index contributed by atoms with van der Waals surface area (Å²) in [4.78, 5) is 0. The van der Waals surface area contributed by atoms with Crippen LogP contribution in [0.3, 0.4) is 0 Å². The molecule has 78 valence electrons. The lowest BCUT2D eigenvalue weighted by Crippen LogP contribution is -2.37. The highest BCUT2D eigenvalue weighted by molar-refractivity contribution is 5.17. The first-order valence-electron chi connectivity index (χ1n) is 5.81. The minimum atomic E-state index is 0.127. The van der Waals surface area contributed by atoms with Crippen molar-refractivity contribution in [1.82, 2.24) is 0 Å². The molecule has 1 heteroatoms. The van der Waals surface area contributed by atoms with Crippen molar-refractivity contribution in [3.8, 4) is 0 Å². The number of ether oxygens (including phenoxy) is 1. The van der Waals surface area contributed by atoms with Gasteiger partial charge in [-0.15, -0.1) is 0 Å². The van der Waals surface area contributed by atoms with Crippen LogP contribution < -0.4 is 0 Å². The van der Waals surface area contributed by atoms with Crippen molar-refractivity contribution in [2.75, 3.05) is 0 Å². The Hall–Kier alpha value is -0.720. The molecule has 1 heterocycles. The number of allylic oxidation sites excluding steroid dienone is 1. The van der Waals surface area contributed by atoms with Gasteiger partial charge in [0.15, 0.2) is 0 Å². The van der Waals surface area contributed by atoms with Crippen LogP contribution in [0.2, 0.25) is 0 Å². The fraction of sp³-hybridized carbons (Fsp3) is 0.692. The summed E-state index contributed by atoms with van der Waals surface area (Å²) in [5.41, 5.74) is 0.127. The molecule has 1 fully saturated rings. The molecule has 1 spiro atoms. The third kappa shape index (κ3) is 1.60. The van der Waals surface area contributed by atoms with Gasteiger partial charge in [-0.25, -0.2) is 0 Å². The predicted molar refractivity (Wildman–Crippen MR) is 59.0 cm³/mol. The van der Waals surface area contributed by atoms with Gasteiger partial charge >= 0.3 is 0 Å². The number of rotatable bonds is 2. The van der Waals surface area contributed by atoms with Crippen molar-refractivity contribution in [2.45, 2.75) is 51.0 Å². The average Bonchev–Trinajstić information content (AvgIpc) is 2.50. The molecule has 0 amide bonds. The molecule has 2 unspecified atom stereocenters. The van der Waals surface area contributed by atoms with Crippen LogP contribution in [0, 0.1) is 5.92 Å². The standard InChI is InChI=1S/C13H20O/c1-3-6-12-8-5-10-13(12)9-4-7-11(2)14-13/h4,7,12H,2-3,5-6,8-10H2,1H3. The Morgan fingerprint density at radius 2 is 2.50 bits per heavy atom. The fourth-order valence-electron chi connectivity index (χ4n) is 3.00. The lowest BCUT2D eigenvalue weighted by molar-refractivity contribution is -0.0306. The average molecular weight is 192 g/mol. The first kappa shape index (κ1) is 9.82. The first-order chi connectivity index (χ1) is 6.77. The van der Waals surface area contributed by atoms with E-state index in [0.717, 1.165) is 18.1 Å². The maximum Gasteiger partial charge on any atom is 0.115 e. The molecule has 0 aromatic carbocycles. The Kier molecular flexibility index (Phi) is 2.66. The minimum Gasteiger partial charge on any atom is -0.487 e. The molecule has 1 saturated carbocycles. The Labute approximate surface area is 86.8 Å². The summed E-state index contributed by atoms with van der Waals surface area (Å²) in [6.07, 6.45) is 11.8. The second kappa shape index (κ2) is 3.80. The summed E-state index contributed by atoms with van der Waals surface area (Å²) < 4.78 is 6.02. The molecule has 0 radical (unpaired) electrons. The molecule has 1 aliphatic heterocycles. The molecule has 0 aromatic heterocycles. The molecule has 1 nitrogen and oxygen atoms in total. The maximum atomic E-state index is 6.02.